The maximum atomic E-state index is 14.1. The molecule has 1 atom stereocenters. The molecule has 0 spiro atoms. The molecule has 1 fully saturated rings. The molecule has 0 aliphatic carbocycles. The molecule has 2 aromatic rings. The number of rotatable bonds is 3. The third-order valence-electron chi connectivity index (χ3n) is 4.29. The van der Waals surface area contributed by atoms with E-state index >= 15 is 0 Å². The highest BCUT2D eigenvalue weighted by Gasteiger charge is 2.31. The summed E-state index contributed by atoms with van der Waals surface area (Å²) in [5.41, 5.74) is 1.85. The largest absolute Gasteiger partial charge is 0.493 e. The number of likely N-dealkylation sites (tertiary alicyclic amines) is 1. The zero-order valence-electron chi connectivity index (χ0n) is 12.9. The van der Waals surface area contributed by atoms with E-state index in [2.05, 4.69) is 10.1 Å². The van der Waals surface area contributed by atoms with Gasteiger partial charge in [0.2, 0.25) is 5.95 Å². The van der Waals surface area contributed by atoms with Gasteiger partial charge in [0.1, 0.15) is 24.4 Å². The molecule has 0 radical (unpaired) electrons. The van der Waals surface area contributed by atoms with Crippen LogP contribution in [0.1, 0.15) is 24.6 Å². The van der Waals surface area contributed by atoms with Crippen molar-refractivity contribution in [2.75, 3.05) is 13.2 Å². The van der Waals surface area contributed by atoms with Gasteiger partial charge in [-0.25, -0.2) is 14.1 Å². The first kappa shape index (κ1) is 14.9. The smallest absolute Gasteiger partial charge is 0.213 e. The molecular weight excluding hydrogens is 314 g/mol. The molecule has 2 aromatic heterocycles. The molecular formula is C17H16F2N4O. The van der Waals surface area contributed by atoms with Gasteiger partial charge in [-0.3, -0.25) is 0 Å². The molecule has 0 unspecified atom stereocenters. The fourth-order valence-electron chi connectivity index (χ4n) is 3.21. The fraction of sp³-hybridized carbons (Fsp3) is 0.294. The monoisotopic (exact) mass is 330 g/mol. The molecule has 5 nitrogen and oxygen atoms in total. The van der Waals surface area contributed by atoms with E-state index < -0.39 is 11.8 Å². The normalized spacial score (nSPS) is 20.6. The standard InChI is InChI=1S/C17H16F2N4O/c18-14-4-5-16(19)21-17(14)15-3-1-7-22(15)12-9-13(11-24-10-12)23-8-2-6-20-23/h2,4-6,8-10,15H,1,3,7,11H2/t15-/m1/s1. The Hall–Kier alpha value is -2.70. The first-order valence-electron chi connectivity index (χ1n) is 7.83. The second-order valence-corrected chi connectivity index (χ2v) is 5.79. The highest BCUT2D eigenvalue weighted by molar-refractivity contribution is 5.52. The molecule has 2 aliphatic heterocycles. The van der Waals surface area contributed by atoms with Crippen molar-refractivity contribution in [1.82, 2.24) is 19.7 Å². The number of aromatic nitrogens is 3. The summed E-state index contributed by atoms with van der Waals surface area (Å²) in [7, 11) is 0. The highest BCUT2D eigenvalue weighted by Crippen LogP contribution is 2.36. The van der Waals surface area contributed by atoms with Crippen molar-refractivity contribution in [1.29, 1.82) is 0 Å². The van der Waals surface area contributed by atoms with E-state index in [4.69, 9.17) is 4.74 Å². The minimum Gasteiger partial charge on any atom is -0.493 e. The van der Waals surface area contributed by atoms with Gasteiger partial charge in [0.15, 0.2) is 0 Å². The maximum Gasteiger partial charge on any atom is 0.213 e. The third kappa shape index (κ3) is 2.66. The first-order valence-corrected chi connectivity index (χ1v) is 7.83. The molecule has 0 N–H and O–H groups in total. The second-order valence-electron chi connectivity index (χ2n) is 5.79. The van der Waals surface area contributed by atoms with Crippen molar-refractivity contribution in [2.24, 2.45) is 0 Å². The van der Waals surface area contributed by atoms with E-state index in [1.54, 1.807) is 17.1 Å². The number of hydrogen-bond donors (Lipinski definition) is 0. The van der Waals surface area contributed by atoms with Crippen molar-refractivity contribution >= 4 is 5.70 Å². The highest BCUT2D eigenvalue weighted by atomic mass is 19.1. The van der Waals surface area contributed by atoms with Crippen LogP contribution < -0.4 is 0 Å². The van der Waals surface area contributed by atoms with Gasteiger partial charge in [0, 0.05) is 18.9 Å². The number of hydrogen-bond acceptors (Lipinski definition) is 4. The summed E-state index contributed by atoms with van der Waals surface area (Å²) in [5, 5.41) is 4.20. The summed E-state index contributed by atoms with van der Waals surface area (Å²) in [5.74, 6) is -1.15. The molecule has 124 valence electrons. The van der Waals surface area contributed by atoms with Gasteiger partial charge >= 0.3 is 0 Å². The molecule has 0 bridgehead atoms. The minimum absolute atomic E-state index is 0.146. The lowest BCUT2D eigenvalue weighted by Gasteiger charge is -2.29. The molecule has 0 aromatic carbocycles. The predicted molar refractivity (Wildman–Crippen MR) is 83.4 cm³/mol. The minimum atomic E-state index is -0.667. The van der Waals surface area contributed by atoms with Crippen molar-refractivity contribution in [3.8, 4) is 0 Å². The van der Waals surface area contributed by atoms with E-state index in [1.807, 2.05) is 23.2 Å². The van der Waals surface area contributed by atoms with E-state index in [1.165, 1.54) is 0 Å². The Bertz CT molecular complexity index is 801. The number of nitrogens with zero attached hydrogens (tertiary/aromatic N) is 4. The van der Waals surface area contributed by atoms with Crippen LogP contribution in [0.4, 0.5) is 8.78 Å². The van der Waals surface area contributed by atoms with Gasteiger partial charge in [-0.1, -0.05) is 0 Å². The number of halogens is 2. The van der Waals surface area contributed by atoms with Gasteiger partial charge in [0.05, 0.1) is 17.4 Å². The Morgan fingerprint density at radius 2 is 2.17 bits per heavy atom. The van der Waals surface area contributed by atoms with E-state index in [0.717, 1.165) is 42.9 Å². The lowest BCUT2D eigenvalue weighted by molar-refractivity contribution is 0.248. The van der Waals surface area contributed by atoms with Crippen LogP contribution in [-0.2, 0) is 4.74 Å². The quantitative estimate of drug-likeness (QED) is 0.811. The lowest BCUT2D eigenvalue weighted by atomic mass is 10.1. The molecule has 1 saturated heterocycles. The zero-order valence-corrected chi connectivity index (χ0v) is 12.9. The van der Waals surface area contributed by atoms with Crippen molar-refractivity contribution in [3.05, 3.63) is 66.1 Å². The molecule has 2 aliphatic rings. The Labute approximate surface area is 137 Å². The molecule has 4 heterocycles. The van der Waals surface area contributed by atoms with Crippen LogP contribution in [0.15, 0.2) is 48.6 Å². The van der Waals surface area contributed by atoms with Crippen LogP contribution in [0.3, 0.4) is 0 Å². The molecule has 0 saturated carbocycles. The zero-order chi connectivity index (χ0) is 16.5. The summed E-state index contributed by atoms with van der Waals surface area (Å²) in [6.45, 7) is 1.15. The van der Waals surface area contributed by atoms with Crippen molar-refractivity contribution in [2.45, 2.75) is 18.9 Å². The summed E-state index contributed by atoms with van der Waals surface area (Å²) >= 11 is 0. The van der Waals surface area contributed by atoms with Crippen LogP contribution >= 0.6 is 0 Å². The predicted octanol–water partition coefficient (Wildman–Crippen LogP) is 3.11. The topological polar surface area (TPSA) is 43.2 Å². The fourth-order valence-corrected chi connectivity index (χ4v) is 3.21. The average molecular weight is 330 g/mol. The van der Waals surface area contributed by atoms with Crippen LogP contribution in [0.5, 0.6) is 0 Å². The Kier molecular flexibility index (Phi) is 3.76. The Morgan fingerprint density at radius 3 is 3.00 bits per heavy atom. The number of pyridine rings is 1. The second kappa shape index (κ2) is 6.07. The lowest BCUT2D eigenvalue weighted by Crippen LogP contribution is -2.26. The first-order chi connectivity index (χ1) is 11.7. The van der Waals surface area contributed by atoms with E-state index in [9.17, 15) is 8.78 Å². The molecule has 24 heavy (non-hydrogen) atoms. The van der Waals surface area contributed by atoms with Gasteiger partial charge in [0.25, 0.3) is 0 Å². The van der Waals surface area contributed by atoms with Crippen LogP contribution in [0, 0.1) is 11.8 Å². The molecule has 0 amide bonds. The average Bonchev–Trinajstić information content (AvgIpc) is 3.28. The summed E-state index contributed by atoms with van der Waals surface area (Å²) in [4.78, 5) is 5.79. The van der Waals surface area contributed by atoms with Gasteiger partial charge in [-0.15, -0.1) is 0 Å². The van der Waals surface area contributed by atoms with Gasteiger partial charge in [-0.2, -0.15) is 9.49 Å². The van der Waals surface area contributed by atoms with Crippen LogP contribution in [-0.4, -0.2) is 32.8 Å². The summed E-state index contributed by atoms with van der Waals surface area (Å²) in [6.07, 6.45) is 8.76. The SMILES string of the molecule is Fc1ccc(F)c([C@H]2CCCN2C2=COCC(n3cccn3)=C2)n1. The van der Waals surface area contributed by atoms with E-state index in [-0.39, 0.29) is 11.7 Å². The van der Waals surface area contributed by atoms with Crippen molar-refractivity contribution in [3.63, 3.8) is 0 Å². The third-order valence-corrected chi connectivity index (χ3v) is 4.29. The van der Waals surface area contributed by atoms with Crippen LogP contribution in [0.25, 0.3) is 5.70 Å². The number of ether oxygens (including phenoxy) is 1. The van der Waals surface area contributed by atoms with Crippen LogP contribution in [0.2, 0.25) is 0 Å². The number of allylic oxidation sites excluding steroid dienone is 1. The summed E-state index contributed by atoms with van der Waals surface area (Å²) in [6, 6.07) is 3.70. The maximum absolute atomic E-state index is 14.1. The molecule has 7 heteroatoms. The van der Waals surface area contributed by atoms with E-state index in [0.29, 0.717) is 6.61 Å². The van der Waals surface area contributed by atoms with Crippen molar-refractivity contribution < 1.29 is 13.5 Å². The van der Waals surface area contributed by atoms with Gasteiger partial charge < -0.3 is 9.64 Å². The molecule has 4 rings (SSSR count). The summed E-state index contributed by atoms with van der Waals surface area (Å²) < 4.78 is 34.9. The Balaban J connectivity index is 1.65. The van der Waals surface area contributed by atoms with Gasteiger partial charge in [-0.05, 0) is 37.1 Å². The Morgan fingerprint density at radius 1 is 1.25 bits per heavy atom.